The molecule has 0 bridgehead atoms. The van der Waals surface area contributed by atoms with Crippen molar-refractivity contribution >= 4 is 16.0 Å². The number of aliphatic carboxylic acids is 1. The molecule has 0 unspecified atom stereocenters. The molecule has 3 rings (SSSR count). The van der Waals surface area contributed by atoms with Gasteiger partial charge in [0, 0.05) is 32.0 Å². The lowest BCUT2D eigenvalue weighted by Crippen LogP contribution is -2.40. The fourth-order valence-corrected chi connectivity index (χ4v) is 6.16. The summed E-state index contributed by atoms with van der Waals surface area (Å²) >= 11 is 0. The summed E-state index contributed by atoms with van der Waals surface area (Å²) in [6.07, 6.45) is 0.995. The van der Waals surface area contributed by atoms with E-state index in [-0.39, 0.29) is 49.1 Å². The second kappa shape index (κ2) is 11.3. The molecule has 34 heavy (non-hydrogen) atoms. The Morgan fingerprint density at radius 1 is 1.29 bits per heavy atom. The molecule has 2 aliphatic rings. The van der Waals surface area contributed by atoms with E-state index in [1.807, 2.05) is 6.92 Å². The Balaban J connectivity index is 1.53. The molecule has 2 fully saturated rings. The van der Waals surface area contributed by atoms with Gasteiger partial charge in [0.25, 0.3) is 0 Å². The van der Waals surface area contributed by atoms with Crippen molar-refractivity contribution in [2.24, 2.45) is 0 Å². The summed E-state index contributed by atoms with van der Waals surface area (Å²) in [5, 5.41) is 12.6. The van der Waals surface area contributed by atoms with E-state index in [1.165, 1.54) is 6.07 Å². The molecule has 1 saturated carbocycles. The normalized spacial score (nSPS) is 22.5. The average molecular weight is 505 g/mol. The number of halogens is 2. The Hall–Kier alpha value is -1.82. The third-order valence-electron chi connectivity index (χ3n) is 6.25. The quantitative estimate of drug-likeness (QED) is 0.446. The van der Waals surface area contributed by atoms with Crippen LogP contribution >= 0.6 is 0 Å². The van der Waals surface area contributed by atoms with Crippen LogP contribution in [0.3, 0.4) is 0 Å². The highest BCUT2D eigenvalue weighted by molar-refractivity contribution is 7.89. The van der Waals surface area contributed by atoms with Crippen molar-refractivity contribution in [2.75, 3.05) is 26.3 Å². The van der Waals surface area contributed by atoms with Crippen molar-refractivity contribution in [1.29, 1.82) is 0 Å². The zero-order valence-electron chi connectivity index (χ0n) is 19.6. The fraction of sp³-hybridized carbons (Fsp3) is 0.696. The highest BCUT2D eigenvalue weighted by Gasteiger charge is 2.41. The Morgan fingerprint density at radius 3 is 2.68 bits per heavy atom. The van der Waals surface area contributed by atoms with Crippen LogP contribution < -0.4 is 10.1 Å². The summed E-state index contributed by atoms with van der Waals surface area (Å²) in [5.74, 6) is -3.55. The van der Waals surface area contributed by atoms with Gasteiger partial charge in [0.15, 0.2) is 0 Å². The van der Waals surface area contributed by atoms with Crippen LogP contribution in [-0.2, 0) is 19.6 Å². The Labute approximate surface area is 199 Å². The van der Waals surface area contributed by atoms with Crippen LogP contribution in [0.1, 0.15) is 51.0 Å². The van der Waals surface area contributed by atoms with E-state index in [1.54, 1.807) is 19.1 Å². The molecule has 2 N–H and O–H groups in total. The van der Waals surface area contributed by atoms with Gasteiger partial charge in [-0.3, -0.25) is 4.79 Å². The monoisotopic (exact) mass is 504 g/mol. The van der Waals surface area contributed by atoms with Crippen molar-refractivity contribution in [3.05, 3.63) is 23.8 Å². The Morgan fingerprint density at radius 2 is 2.00 bits per heavy atom. The molecule has 2 atom stereocenters. The van der Waals surface area contributed by atoms with Gasteiger partial charge in [0.2, 0.25) is 15.9 Å². The van der Waals surface area contributed by atoms with E-state index in [9.17, 15) is 27.1 Å². The van der Waals surface area contributed by atoms with E-state index in [0.717, 1.165) is 9.87 Å². The number of sulfonamides is 1. The molecular formula is C23H34F2N2O6S. The van der Waals surface area contributed by atoms with Crippen molar-refractivity contribution in [3.8, 4) is 5.75 Å². The minimum absolute atomic E-state index is 0.0612. The summed E-state index contributed by atoms with van der Waals surface area (Å²) in [6, 6.07) is 3.71. The van der Waals surface area contributed by atoms with E-state index in [2.05, 4.69) is 5.32 Å². The van der Waals surface area contributed by atoms with Crippen molar-refractivity contribution in [1.82, 2.24) is 9.62 Å². The smallest absolute Gasteiger partial charge is 0.322 e. The predicted octanol–water partition coefficient (Wildman–Crippen LogP) is 3.18. The Bertz CT molecular complexity index is 949. The molecule has 1 aliphatic carbocycles. The molecule has 0 radical (unpaired) electrons. The highest BCUT2D eigenvalue weighted by atomic mass is 32.2. The molecule has 11 heteroatoms. The first-order valence-corrected chi connectivity index (χ1v) is 13.1. The molecule has 1 heterocycles. The molecule has 1 aromatic rings. The second-order valence-corrected chi connectivity index (χ2v) is 11.0. The van der Waals surface area contributed by atoms with E-state index < -0.39 is 34.1 Å². The van der Waals surface area contributed by atoms with Gasteiger partial charge in [0.1, 0.15) is 22.8 Å². The molecule has 1 aromatic carbocycles. The van der Waals surface area contributed by atoms with Crippen LogP contribution in [0, 0.1) is 6.92 Å². The standard InChI is InChI=1S/C23H34F2N2O6S/c1-16-5-6-21(34(30,31)27-12-3-4-19(27)22(28)29)20(14-16)33-17(2)15-32-13-11-26-18-7-9-23(24,25)10-8-18/h5-6,14,17-19,26H,3-4,7-13,15H2,1-2H3,(H,28,29)/t17-,19+/m1/s1. The van der Waals surface area contributed by atoms with Gasteiger partial charge in [-0.05, 0) is 57.2 Å². The summed E-state index contributed by atoms with van der Waals surface area (Å²) in [4.78, 5) is 11.5. The molecule has 0 spiro atoms. The number of ether oxygens (including phenoxy) is 2. The van der Waals surface area contributed by atoms with Gasteiger partial charge in [-0.2, -0.15) is 4.31 Å². The van der Waals surface area contributed by atoms with Crippen LogP contribution in [0.2, 0.25) is 0 Å². The zero-order chi connectivity index (χ0) is 24.9. The van der Waals surface area contributed by atoms with Gasteiger partial charge in [-0.15, -0.1) is 0 Å². The number of aryl methyl sites for hydroxylation is 1. The molecule has 0 amide bonds. The van der Waals surface area contributed by atoms with Crippen LogP contribution in [0.15, 0.2) is 23.1 Å². The maximum absolute atomic E-state index is 13.2. The van der Waals surface area contributed by atoms with E-state index >= 15 is 0 Å². The van der Waals surface area contributed by atoms with Crippen LogP contribution in [-0.4, -0.2) is 74.2 Å². The number of carbonyl (C=O) groups is 1. The average Bonchev–Trinajstić information content (AvgIpc) is 3.26. The van der Waals surface area contributed by atoms with Crippen LogP contribution in [0.25, 0.3) is 0 Å². The number of rotatable bonds is 11. The number of carboxylic acids is 1. The lowest BCUT2D eigenvalue weighted by molar-refractivity contribution is -0.140. The largest absolute Gasteiger partial charge is 0.487 e. The minimum atomic E-state index is -4.05. The van der Waals surface area contributed by atoms with Gasteiger partial charge >= 0.3 is 5.97 Å². The number of carboxylic acid groups (broad SMARTS) is 1. The second-order valence-electron chi connectivity index (χ2n) is 9.15. The molecular weight excluding hydrogens is 470 g/mol. The maximum atomic E-state index is 13.2. The van der Waals surface area contributed by atoms with Crippen molar-refractivity contribution in [3.63, 3.8) is 0 Å². The van der Waals surface area contributed by atoms with Crippen molar-refractivity contribution in [2.45, 2.75) is 81.4 Å². The number of nitrogens with one attached hydrogen (secondary N) is 1. The fourth-order valence-electron chi connectivity index (χ4n) is 4.40. The minimum Gasteiger partial charge on any atom is -0.487 e. The SMILES string of the molecule is Cc1ccc(S(=O)(=O)N2CCC[C@H]2C(=O)O)c(O[C@H](C)COCCNC2CCC(F)(F)CC2)c1. The maximum Gasteiger partial charge on any atom is 0.322 e. The number of hydrogen-bond acceptors (Lipinski definition) is 6. The van der Waals surface area contributed by atoms with Gasteiger partial charge in [-0.25, -0.2) is 17.2 Å². The van der Waals surface area contributed by atoms with Gasteiger partial charge in [0.05, 0.1) is 13.2 Å². The predicted molar refractivity (Wildman–Crippen MR) is 122 cm³/mol. The zero-order valence-corrected chi connectivity index (χ0v) is 20.5. The third-order valence-corrected chi connectivity index (χ3v) is 8.20. The third kappa shape index (κ3) is 6.87. The lowest BCUT2D eigenvalue weighted by Gasteiger charge is -2.29. The summed E-state index contributed by atoms with van der Waals surface area (Å²) in [5.41, 5.74) is 0.806. The molecule has 1 saturated heterocycles. The topological polar surface area (TPSA) is 105 Å². The van der Waals surface area contributed by atoms with E-state index in [0.29, 0.717) is 32.4 Å². The molecule has 192 valence electrons. The number of benzene rings is 1. The Kier molecular flexibility index (Phi) is 8.88. The summed E-state index contributed by atoms with van der Waals surface area (Å²) in [7, 11) is -4.05. The first kappa shape index (κ1) is 26.8. The van der Waals surface area contributed by atoms with E-state index in [4.69, 9.17) is 9.47 Å². The van der Waals surface area contributed by atoms with Crippen LogP contribution in [0.5, 0.6) is 5.75 Å². The number of nitrogens with zero attached hydrogens (tertiary/aromatic N) is 1. The van der Waals surface area contributed by atoms with Gasteiger partial charge in [-0.1, -0.05) is 6.07 Å². The first-order valence-electron chi connectivity index (χ1n) is 11.7. The molecule has 8 nitrogen and oxygen atoms in total. The van der Waals surface area contributed by atoms with Gasteiger partial charge < -0.3 is 19.9 Å². The highest BCUT2D eigenvalue weighted by Crippen LogP contribution is 2.34. The number of alkyl halides is 2. The first-order chi connectivity index (χ1) is 16.0. The van der Waals surface area contributed by atoms with Crippen molar-refractivity contribution < 1.29 is 36.6 Å². The molecule has 1 aliphatic heterocycles. The summed E-state index contributed by atoms with van der Waals surface area (Å²) < 4.78 is 65.5. The number of hydrogen-bond donors (Lipinski definition) is 2. The molecule has 0 aromatic heterocycles. The summed E-state index contributed by atoms with van der Waals surface area (Å²) in [6.45, 7) is 4.82. The lowest BCUT2D eigenvalue weighted by atomic mass is 9.92. The van der Waals surface area contributed by atoms with Crippen LogP contribution in [0.4, 0.5) is 8.78 Å².